The van der Waals surface area contributed by atoms with Gasteiger partial charge < -0.3 is 5.11 Å². The molecule has 4 heteroatoms. The van der Waals surface area contributed by atoms with Gasteiger partial charge in [0.15, 0.2) is 0 Å². The van der Waals surface area contributed by atoms with Gasteiger partial charge in [-0.1, -0.05) is 31.4 Å². The number of aliphatic carboxylic acids is 1. The molecule has 1 aliphatic carbocycles. The zero-order chi connectivity index (χ0) is 14.3. The molecule has 0 unspecified atom stereocenters. The Labute approximate surface area is 118 Å². The van der Waals surface area contributed by atoms with Crippen LogP contribution in [0.25, 0.3) is 10.9 Å². The molecule has 1 aromatic heterocycles. The van der Waals surface area contributed by atoms with E-state index in [0.717, 1.165) is 54.3 Å². The molecule has 0 atom stereocenters. The second kappa shape index (κ2) is 4.62. The van der Waals surface area contributed by atoms with E-state index in [1.807, 2.05) is 36.9 Å². The van der Waals surface area contributed by atoms with E-state index in [1.54, 1.807) is 0 Å². The molecule has 3 rings (SSSR count). The fourth-order valence-electron chi connectivity index (χ4n) is 3.52. The second-order valence-electron chi connectivity index (χ2n) is 5.89. The fraction of sp³-hybridized carbons (Fsp3) is 0.500. The van der Waals surface area contributed by atoms with Gasteiger partial charge in [0, 0.05) is 12.4 Å². The van der Waals surface area contributed by atoms with Gasteiger partial charge in [-0.05, 0) is 31.4 Å². The molecule has 1 aromatic carbocycles. The van der Waals surface area contributed by atoms with Crippen LogP contribution in [-0.4, -0.2) is 20.9 Å². The van der Waals surface area contributed by atoms with E-state index in [2.05, 4.69) is 5.10 Å². The van der Waals surface area contributed by atoms with E-state index >= 15 is 0 Å². The van der Waals surface area contributed by atoms with Crippen LogP contribution in [-0.2, 0) is 17.3 Å². The average molecular weight is 272 g/mol. The molecule has 1 aliphatic rings. The maximum atomic E-state index is 11.9. The number of rotatable bonds is 2. The predicted molar refractivity (Wildman–Crippen MR) is 77.8 cm³/mol. The Morgan fingerprint density at radius 1 is 1.30 bits per heavy atom. The molecule has 106 valence electrons. The maximum absolute atomic E-state index is 11.9. The number of carbonyl (C=O) groups is 1. The van der Waals surface area contributed by atoms with Crippen molar-refractivity contribution in [3.8, 4) is 0 Å². The zero-order valence-electron chi connectivity index (χ0n) is 12.0. The quantitative estimate of drug-likeness (QED) is 0.913. The number of fused-ring (bicyclic) bond motifs is 1. The van der Waals surface area contributed by atoms with Gasteiger partial charge in [-0.15, -0.1) is 0 Å². The molecule has 1 heterocycles. The number of carboxylic acid groups (broad SMARTS) is 1. The number of aryl methyl sites for hydroxylation is 2. The molecule has 0 spiro atoms. The highest BCUT2D eigenvalue weighted by Crippen LogP contribution is 2.40. The molecule has 4 nitrogen and oxygen atoms in total. The molecule has 0 bridgehead atoms. The molecular formula is C16H20N2O2. The summed E-state index contributed by atoms with van der Waals surface area (Å²) >= 11 is 0. The standard InChI is InChI=1S/C16H20N2O2/c1-11-13-7-6-12(10-14(13)18(2)17-11)16(15(19)20)8-4-3-5-9-16/h6-7,10H,3-5,8-9H2,1-2H3,(H,19,20). The normalized spacial score (nSPS) is 18.3. The van der Waals surface area contributed by atoms with Crippen molar-refractivity contribution >= 4 is 16.9 Å². The smallest absolute Gasteiger partial charge is 0.314 e. The van der Waals surface area contributed by atoms with Crippen molar-refractivity contribution in [1.82, 2.24) is 9.78 Å². The van der Waals surface area contributed by atoms with Crippen LogP contribution < -0.4 is 0 Å². The summed E-state index contributed by atoms with van der Waals surface area (Å²) in [6.07, 6.45) is 4.61. The first-order valence-electron chi connectivity index (χ1n) is 7.22. The first kappa shape index (κ1) is 13.2. The molecule has 0 radical (unpaired) electrons. The topological polar surface area (TPSA) is 55.1 Å². The number of carboxylic acids is 1. The minimum Gasteiger partial charge on any atom is -0.481 e. The number of aromatic nitrogens is 2. The SMILES string of the molecule is Cc1nn(C)c2cc(C3(C(=O)O)CCCCC3)ccc12. The second-order valence-corrected chi connectivity index (χ2v) is 5.89. The van der Waals surface area contributed by atoms with E-state index < -0.39 is 11.4 Å². The third-order valence-electron chi connectivity index (χ3n) is 4.71. The van der Waals surface area contributed by atoms with Crippen molar-refractivity contribution in [2.75, 3.05) is 0 Å². The van der Waals surface area contributed by atoms with Gasteiger partial charge in [-0.3, -0.25) is 9.48 Å². The van der Waals surface area contributed by atoms with Crippen LogP contribution >= 0.6 is 0 Å². The zero-order valence-corrected chi connectivity index (χ0v) is 12.0. The van der Waals surface area contributed by atoms with Crippen LogP contribution in [0, 0.1) is 6.92 Å². The summed E-state index contributed by atoms with van der Waals surface area (Å²) in [4.78, 5) is 11.9. The minimum atomic E-state index is -0.704. The highest BCUT2D eigenvalue weighted by atomic mass is 16.4. The van der Waals surface area contributed by atoms with Crippen LogP contribution in [0.3, 0.4) is 0 Å². The fourth-order valence-corrected chi connectivity index (χ4v) is 3.52. The summed E-state index contributed by atoms with van der Waals surface area (Å²) in [5, 5.41) is 15.3. The van der Waals surface area contributed by atoms with Crippen molar-refractivity contribution in [3.63, 3.8) is 0 Å². The number of hydrogen-bond acceptors (Lipinski definition) is 2. The van der Waals surface area contributed by atoms with Gasteiger partial charge in [0.05, 0.1) is 16.6 Å². The predicted octanol–water partition coefficient (Wildman–Crippen LogP) is 3.17. The first-order valence-corrected chi connectivity index (χ1v) is 7.22. The summed E-state index contributed by atoms with van der Waals surface area (Å²) < 4.78 is 1.84. The molecule has 0 aliphatic heterocycles. The summed E-state index contributed by atoms with van der Waals surface area (Å²) in [5.41, 5.74) is 2.23. The molecule has 20 heavy (non-hydrogen) atoms. The Bertz CT molecular complexity index is 666. The first-order chi connectivity index (χ1) is 9.54. The van der Waals surface area contributed by atoms with Crippen molar-refractivity contribution in [2.45, 2.75) is 44.4 Å². The van der Waals surface area contributed by atoms with E-state index in [4.69, 9.17) is 0 Å². The largest absolute Gasteiger partial charge is 0.481 e. The lowest BCUT2D eigenvalue weighted by Crippen LogP contribution is -2.37. The monoisotopic (exact) mass is 272 g/mol. The third-order valence-corrected chi connectivity index (χ3v) is 4.71. The highest BCUT2D eigenvalue weighted by molar-refractivity contribution is 5.87. The van der Waals surface area contributed by atoms with Crippen LogP contribution in [0.4, 0.5) is 0 Å². The molecule has 1 N–H and O–H groups in total. The molecule has 2 aromatic rings. The Morgan fingerprint density at radius 2 is 2.00 bits per heavy atom. The van der Waals surface area contributed by atoms with Crippen LogP contribution in [0.2, 0.25) is 0 Å². The molecule has 0 saturated heterocycles. The molecule has 1 fully saturated rings. The van der Waals surface area contributed by atoms with Crippen molar-refractivity contribution in [1.29, 1.82) is 0 Å². The van der Waals surface area contributed by atoms with Crippen LogP contribution in [0.15, 0.2) is 18.2 Å². The van der Waals surface area contributed by atoms with E-state index in [9.17, 15) is 9.90 Å². The Morgan fingerprint density at radius 3 is 2.65 bits per heavy atom. The number of hydrogen-bond donors (Lipinski definition) is 1. The molecule has 0 amide bonds. The van der Waals surface area contributed by atoms with Crippen molar-refractivity contribution < 1.29 is 9.90 Å². The van der Waals surface area contributed by atoms with Crippen LogP contribution in [0.5, 0.6) is 0 Å². The van der Waals surface area contributed by atoms with E-state index in [0.29, 0.717) is 0 Å². The van der Waals surface area contributed by atoms with E-state index in [1.165, 1.54) is 0 Å². The van der Waals surface area contributed by atoms with Gasteiger partial charge in [0.2, 0.25) is 0 Å². The third kappa shape index (κ3) is 1.82. The van der Waals surface area contributed by atoms with Gasteiger partial charge in [0.25, 0.3) is 0 Å². The van der Waals surface area contributed by atoms with Crippen LogP contribution in [0.1, 0.15) is 43.4 Å². The minimum absolute atomic E-state index is 0.685. The lowest BCUT2D eigenvalue weighted by molar-refractivity contribution is -0.145. The number of benzene rings is 1. The van der Waals surface area contributed by atoms with Gasteiger partial charge in [-0.2, -0.15) is 5.10 Å². The summed E-state index contributed by atoms with van der Waals surface area (Å²) in [5.74, 6) is -0.685. The summed E-state index contributed by atoms with van der Waals surface area (Å²) in [6.45, 7) is 1.98. The van der Waals surface area contributed by atoms with Gasteiger partial charge >= 0.3 is 5.97 Å². The van der Waals surface area contributed by atoms with Crippen molar-refractivity contribution in [2.24, 2.45) is 7.05 Å². The highest BCUT2D eigenvalue weighted by Gasteiger charge is 2.41. The average Bonchev–Trinajstić information content (AvgIpc) is 2.74. The summed E-state index contributed by atoms with van der Waals surface area (Å²) in [6, 6.07) is 6.03. The number of nitrogens with zero attached hydrogens (tertiary/aromatic N) is 2. The van der Waals surface area contributed by atoms with Gasteiger partial charge in [0.1, 0.15) is 0 Å². The lowest BCUT2D eigenvalue weighted by Gasteiger charge is -2.33. The van der Waals surface area contributed by atoms with Gasteiger partial charge in [-0.25, -0.2) is 0 Å². The van der Waals surface area contributed by atoms with E-state index in [-0.39, 0.29) is 0 Å². The molecular weight excluding hydrogens is 252 g/mol. The molecule has 1 saturated carbocycles. The maximum Gasteiger partial charge on any atom is 0.314 e. The Hall–Kier alpha value is -1.84. The lowest BCUT2D eigenvalue weighted by atomic mass is 9.69. The van der Waals surface area contributed by atoms with Crippen molar-refractivity contribution in [3.05, 3.63) is 29.5 Å². The Balaban J connectivity index is 2.16. The summed E-state index contributed by atoms with van der Waals surface area (Å²) in [7, 11) is 1.91. The Kier molecular flexibility index (Phi) is 3.04.